The Morgan fingerprint density at radius 2 is 1.85 bits per heavy atom. The van der Waals surface area contributed by atoms with E-state index in [0.717, 1.165) is 4.90 Å². The second kappa shape index (κ2) is 10.1. The fourth-order valence-electron chi connectivity index (χ4n) is 2.13. The van der Waals surface area contributed by atoms with Gasteiger partial charge in [0.05, 0.1) is 31.2 Å². The summed E-state index contributed by atoms with van der Waals surface area (Å²) >= 11 is 7.52. The molecule has 7 heteroatoms. The molecule has 0 radical (unpaired) electrons. The zero-order valence-corrected chi connectivity index (χ0v) is 16.1. The molecule has 138 valence electrons. The van der Waals surface area contributed by atoms with Crippen LogP contribution in [-0.2, 0) is 9.53 Å². The number of ketones is 1. The Kier molecular flexibility index (Phi) is 7.81. The van der Waals surface area contributed by atoms with Crippen molar-refractivity contribution in [3.05, 3.63) is 53.1 Å². The third-order valence-electron chi connectivity index (χ3n) is 3.47. The van der Waals surface area contributed by atoms with Crippen molar-refractivity contribution in [3.8, 4) is 11.5 Å². The Balaban J connectivity index is 1.83. The van der Waals surface area contributed by atoms with Gasteiger partial charge in [-0.3, -0.25) is 9.59 Å². The summed E-state index contributed by atoms with van der Waals surface area (Å²) in [6.07, 6.45) is 0.179. The summed E-state index contributed by atoms with van der Waals surface area (Å²) in [7, 11) is 2.98. The highest BCUT2D eigenvalue weighted by Crippen LogP contribution is 2.27. The van der Waals surface area contributed by atoms with E-state index < -0.39 is 5.97 Å². The number of benzene rings is 2. The first-order chi connectivity index (χ1) is 12.5. The standard InChI is InChI=1S/C19H19ClO5S/c1-23-13-7-8-17(24-2)14(11-13)16(21)12-25-19(22)9-10-26-18-6-4-3-5-15(18)20/h3-8,11H,9-10,12H2,1-2H3. The molecule has 2 rings (SSSR count). The van der Waals surface area contributed by atoms with E-state index >= 15 is 0 Å². The molecule has 0 aliphatic carbocycles. The lowest BCUT2D eigenvalue weighted by molar-refractivity contribution is -0.141. The number of thioether (sulfide) groups is 1. The van der Waals surface area contributed by atoms with Crippen molar-refractivity contribution < 1.29 is 23.8 Å². The molecule has 0 aliphatic heterocycles. The summed E-state index contributed by atoms with van der Waals surface area (Å²) < 4.78 is 15.3. The maximum Gasteiger partial charge on any atom is 0.307 e. The van der Waals surface area contributed by atoms with Crippen molar-refractivity contribution in [2.45, 2.75) is 11.3 Å². The minimum atomic E-state index is -0.445. The minimum absolute atomic E-state index is 0.179. The lowest BCUT2D eigenvalue weighted by atomic mass is 10.1. The Bertz CT molecular complexity index is 778. The van der Waals surface area contributed by atoms with E-state index in [1.165, 1.54) is 26.0 Å². The van der Waals surface area contributed by atoms with Crippen molar-refractivity contribution in [3.63, 3.8) is 0 Å². The molecule has 0 fully saturated rings. The average Bonchev–Trinajstić information content (AvgIpc) is 2.67. The van der Waals surface area contributed by atoms with Gasteiger partial charge in [0.15, 0.2) is 6.61 Å². The number of ether oxygens (including phenoxy) is 3. The zero-order chi connectivity index (χ0) is 18.9. The topological polar surface area (TPSA) is 61.8 Å². The maximum absolute atomic E-state index is 12.3. The van der Waals surface area contributed by atoms with Crippen LogP contribution in [0.25, 0.3) is 0 Å². The van der Waals surface area contributed by atoms with Crippen molar-refractivity contribution in [2.24, 2.45) is 0 Å². The van der Waals surface area contributed by atoms with Crippen LogP contribution >= 0.6 is 23.4 Å². The lowest BCUT2D eigenvalue weighted by Crippen LogP contribution is -2.15. The van der Waals surface area contributed by atoms with Crippen LogP contribution in [-0.4, -0.2) is 38.3 Å². The molecule has 0 heterocycles. The molecule has 0 N–H and O–H groups in total. The molecule has 5 nitrogen and oxygen atoms in total. The largest absolute Gasteiger partial charge is 0.497 e. The highest BCUT2D eigenvalue weighted by atomic mass is 35.5. The van der Waals surface area contributed by atoms with Crippen LogP contribution in [0.4, 0.5) is 0 Å². The third kappa shape index (κ3) is 5.68. The molecule has 0 spiro atoms. The normalized spacial score (nSPS) is 10.3. The molecule has 0 atom stereocenters. The van der Waals surface area contributed by atoms with Crippen molar-refractivity contribution in [1.82, 2.24) is 0 Å². The van der Waals surface area contributed by atoms with Gasteiger partial charge >= 0.3 is 5.97 Å². The number of methoxy groups -OCH3 is 2. The molecule has 0 amide bonds. The number of carbonyl (C=O) groups excluding carboxylic acids is 2. The number of hydrogen-bond acceptors (Lipinski definition) is 6. The van der Waals surface area contributed by atoms with Gasteiger partial charge in [-0.15, -0.1) is 11.8 Å². The summed E-state index contributed by atoms with van der Waals surface area (Å²) in [6.45, 7) is -0.348. The Morgan fingerprint density at radius 3 is 2.54 bits per heavy atom. The maximum atomic E-state index is 12.3. The fraction of sp³-hybridized carbons (Fsp3) is 0.263. The molecule has 0 saturated heterocycles. The van der Waals surface area contributed by atoms with Crippen LogP contribution in [0.2, 0.25) is 5.02 Å². The van der Waals surface area contributed by atoms with Gasteiger partial charge in [0.25, 0.3) is 0 Å². The van der Waals surface area contributed by atoms with Gasteiger partial charge in [0.2, 0.25) is 5.78 Å². The van der Waals surface area contributed by atoms with Gasteiger partial charge < -0.3 is 14.2 Å². The van der Waals surface area contributed by atoms with Crippen molar-refractivity contribution in [2.75, 3.05) is 26.6 Å². The summed E-state index contributed by atoms with van der Waals surface area (Å²) in [5, 5.41) is 0.645. The van der Waals surface area contributed by atoms with Gasteiger partial charge in [-0.25, -0.2) is 0 Å². The van der Waals surface area contributed by atoms with Crippen LogP contribution in [0.1, 0.15) is 16.8 Å². The molecule has 0 aromatic heterocycles. The molecule has 0 saturated carbocycles. The van der Waals surface area contributed by atoms with Gasteiger partial charge in [-0.2, -0.15) is 0 Å². The second-order valence-corrected chi connectivity index (χ2v) is 6.72. The van der Waals surface area contributed by atoms with Crippen molar-refractivity contribution >= 4 is 35.1 Å². The number of Topliss-reactive ketones (excluding diaryl/α,β-unsaturated/α-hetero) is 1. The summed E-state index contributed by atoms with van der Waals surface area (Å²) in [5.41, 5.74) is 0.310. The predicted molar refractivity (Wildman–Crippen MR) is 102 cm³/mol. The molecule has 2 aromatic rings. The van der Waals surface area contributed by atoms with E-state index in [4.69, 9.17) is 25.8 Å². The first-order valence-electron chi connectivity index (χ1n) is 7.83. The van der Waals surface area contributed by atoms with E-state index in [1.54, 1.807) is 24.3 Å². The van der Waals surface area contributed by atoms with Crippen LogP contribution in [0, 0.1) is 0 Å². The van der Waals surface area contributed by atoms with Crippen molar-refractivity contribution in [1.29, 1.82) is 0 Å². The quantitative estimate of drug-likeness (QED) is 0.359. The highest BCUT2D eigenvalue weighted by Gasteiger charge is 2.16. The van der Waals surface area contributed by atoms with Gasteiger partial charge in [-0.1, -0.05) is 23.7 Å². The number of hydrogen-bond donors (Lipinski definition) is 0. The first-order valence-corrected chi connectivity index (χ1v) is 9.19. The summed E-state index contributed by atoms with van der Waals surface area (Å²) in [5.74, 6) is 0.643. The van der Waals surface area contributed by atoms with Gasteiger partial charge in [0, 0.05) is 10.6 Å². The highest BCUT2D eigenvalue weighted by molar-refractivity contribution is 7.99. The van der Waals surface area contributed by atoms with Gasteiger partial charge in [-0.05, 0) is 30.3 Å². The Hall–Kier alpha value is -2.18. The number of carbonyl (C=O) groups is 2. The summed E-state index contributed by atoms with van der Waals surface area (Å²) in [6, 6.07) is 12.3. The van der Waals surface area contributed by atoms with Crippen LogP contribution in [0.5, 0.6) is 11.5 Å². The zero-order valence-electron chi connectivity index (χ0n) is 14.5. The third-order valence-corrected chi connectivity index (χ3v) is 4.99. The van der Waals surface area contributed by atoms with E-state index in [2.05, 4.69) is 0 Å². The average molecular weight is 395 g/mol. The molecule has 0 bridgehead atoms. The first kappa shape index (κ1) is 20.1. The molecule has 2 aromatic carbocycles. The second-order valence-electron chi connectivity index (χ2n) is 5.18. The lowest BCUT2D eigenvalue weighted by Gasteiger charge is -2.10. The number of esters is 1. The monoisotopic (exact) mass is 394 g/mol. The predicted octanol–water partition coefficient (Wildman–Crippen LogP) is 4.27. The van der Waals surface area contributed by atoms with Crippen LogP contribution < -0.4 is 9.47 Å². The minimum Gasteiger partial charge on any atom is -0.497 e. The molecule has 0 aliphatic rings. The number of halogens is 1. The molecule has 26 heavy (non-hydrogen) atoms. The van der Waals surface area contributed by atoms with E-state index in [-0.39, 0.29) is 18.8 Å². The molecular formula is C19H19ClO5S. The fourth-order valence-corrected chi connectivity index (χ4v) is 3.30. The SMILES string of the molecule is COc1ccc(OC)c(C(=O)COC(=O)CCSc2ccccc2Cl)c1. The van der Waals surface area contributed by atoms with E-state index in [0.29, 0.717) is 27.8 Å². The van der Waals surface area contributed by atoms with Gasteiger partial charge in [0.1, 0.15) is 11.5 Å². The molecule has 0 unspecified atom stereocenters. The molecular weight excluding hydrogens is 376 g/mol. The number of rotatable bonds is 9. The van der Waals surface area contributed by atoms with E-state index in [9.17, 15) is 9.59 Å². The smallest absolute Gasteiger partial charge is 0.307 e. The summed E-state index contributed by atoms with van der Waals surface area (Å²) in [4.78, 5) is 25.1. The van der Waals surface area contributed by atoms with Crippen LogP contribution in [0.3, 0.4) is 0 Å². The Morgan fingerprint density at radius 1 is 1.08 bits per heavy atom. The van der Waals surface area contributed by atoms with Crippen LogP contribution in [0.15, 0.2) is 47.4 Å². The van der Waals surface area contributed by atoms with E-state index in [1.807, 2.05) is 18.2 Å². The Labute approximate surface area is 161 Å².